The number of nitrogens with zero attached hydrogens (tertiary/aromatic N) is 5. The largest absolute Gasteiger partial charge is 0.384 e. The Morgan fingerprint density at radius 1 is 1.21 bits per heavy atom. The third kappa shape index (κ3) is 3.82. The molecule has 1 aromatic carbocycles. The summed E-state index contributed by atoms with van der Waals surface area (Å²) in [4.78, 5) is 22.9. The fourth-order valence-electron chi connectivity index (χ4n) is 3.53. The van der Waals surface area contributed by atoms with Crippen LogP contribution >= 0.6 is 0 Å². The number of likely N-dealkylation sites (tertiary alicyclic amines) is 1. The molecule has 0 spiro atoms. The zero-order chi connectivity index (χ0) is 19.3. The summed E-state index contributed by atoms with van der Waals surface area (Å²) in [7, 11) is 1.62. The first-order valence-electron chi connectivity index (χ1n) is 9.53. The zero-order valence-corrected chi connectivity index (χ0v) is 15.9. The van der Waals surface area contributed by atoms with Crippen molar-refractivity contribution >= 4 is 22.8 Å². The third-order valence-electron chi connectivity index (χ3n) is 5.08. The zero-order valence-electron chi connectivity index (χ0n) is 15.9. The van der Waals surface area contributed by atoms with E-state index in [0.29, 0.717) is 13.0 Å². The lowest BCUT2D eigenvalue weighted by atomic mass is 10.0. The Balaban J connectivity index is 1.45. The lowest BCUT2D eigenvalue weighted by Crippen LogP contribution is -2.42. The van der Waals surface area contributed by atoms with E-state index in [-0.39, 0.29) is 11.9 Å². The summed E-state index contributed by atoms with van der Waals surface area (Å²) in [5.74, 6) is 0.949. The topological polar surface area (TPSA) is 85.2 Å². The maximum absolute atomic E-state index is 12.1. The fourth-order valence-corrected chi connectivity index (χ4v) is 3.53. The van der Waals surface area contributed by atoms with Crippen LogP contribution in [0.2, 0.25) is 0 Å². The Morgan fingerprint density at radius 3 is 2.75 bits per heavy atom. The molecule has 0 bridgehead atoms. The van der Waals surface area contributed by atoms with Gasteiger partial charge in [-0.25, -0.2) is 14.6 Å². The van der Waals surface area contributed by atoms with E-state index in [2.05, 4.69) is 20.4 Å². The van der Waals surface area contributed by atoms with Crippen LogP contribution in [-0.2, 0) is 9.53 Å². The SMILES string of the molecule is COCCC(=O)N1CCC(Nc2ncnc3c2cnn3-c2ccccc2)CC1. The molecule has 0 radical (unpaired) electrons. The number of ether oxygens (including phenoxy) is 1. The average molecular weight is 380 g/mol. The second-order valence-corrected chi connectivity index (χ2v) is 6.89. The van der Waals surface area contributed by atoms with Gasteiger partial charge in [0.1, 0.15) is 12.1 Å². The van der Waals surface area contributed by atoms with Crippen LogP contribution < -0.4 is 5.32 Å². The summed E-state index contributed by atoms with van der Waals surface area (Å²) < 4.78 is 6.82. The van der Waals surface area contributed by atoms with E-state index in [0.717, 1.165) is 48.5 Å². The van der Waals surface area contributed by atoms with Gasteiger partial charge >= 0.3 is 0 Å². The van der Waals surface area contributed by atoms with E-state index in [9.17, 15) is 4.79 Å². The van der Waals surface area contributed by atoms with Crippen LogP contribution in [0, 0.1) is 0 Å². The van der Waals surface area contributed by atoms with Gasteiger partial charge in [-0.05, 0) is 25.0 Å². The lowest BCUT2D eigenvalue weighted by molar-refractivity contribution is -0.133. The van der Waals surface area contributed by atoms with E-state index >= 15 is 0 Å². The van der Waals surface area contributed by atoms with Crippen LogP contribution in [-0.4, -0.2) is 63.4 Å². The maximum atomic E-state index is 12.1. The Morgan fingerprint density at radius 2 is 2.00 bits per heavy atom. The number of amides is 1. The summed E-state index contributed by atoms with van der Waals surface area (Å²) >= 11 is 0. The van der Waals surface area contributed by atoms with Gasteiger partial charge in [-0.2, -0.15) is 5.10 Å². The molecule has 4 rings (SSSR count). The maximum Gasteiger partial charge on any atom is 0.224 e. The average Bonchev–Trinajstić information content (AvgIpc) is 3.18. The highest BCUT2D eigenvalue weighted by Crippen LogP contribution is 2.24. The molecule has 146 valence electrons. The van der Waals surface area contributed by atoms with Crippen LogP contribution in [0.15, 0.2) is 42.9 Å². The van der Waals surface area contributed by atoms with Crippen molar-refractivity contribution in [1.29, 1.82) is 0 Å². The quantitative estimate of drug-likeness (QED) is 0.706. The van der Waals surface area contributed by atoms with Crippen LogP contribution in [0.1, 0.15) is 19.3 Å². The monoisotopic (exact) mass is 380 g/mol. The van der Waals surface area contributed by atoms with E-state index in [4.69, 9.17) is 4.74 Å². The van der Waals surface area contributed by atoms with Crippen molar-refractivity contribution in [3.63, 3.8) is 0 Å². The molecule has 28 heavy (non-hydrogen) atoms. The Kier molecular flexibility index (Phi) is 5.48. The van der Waals surface area contributed by atoms with Crippen LogP contribution in [0.5, 0.6) is 0 Å². The number of para-hydroxylation sites is 1. The van der Waals surface area contributed by atoms with Crippen molar-refractivity contribution in [3.8, 4) is 5.69 Å². The van der Waals surface area contributed by atoms with Crippen molar-refractivity contribution in [2.24, 2.45) is 0 Å². The number of hydrogen-bond donors (Lipinski definition) is 1. The standard InChI is InChI=1S/C20H24N6O2/c1-28-12-9-18(27)25-10-7-15(8-11-25)24-19-17-13-23-26(20(17)22-14-21-19)16-5-3-2-4-6-16/h2-6,13-15H,7-12H2,1H3,(H,21,22,24). The van der Waals surface area contributed by atoms with E-state index in [1.807, 2.05) is 39.9 Å². The fraction of sp³-hybridized carbons (Fsp3) is 0.400. The number of nitrogens with one attached hydrogen (secondary N) is 1. The second kappa shape index (κ2) is 8.35. The van der Waals surface area contributed by atoms with Gasteiger partial charge in [0.15, 0.2) is 5.65 Å². The number of fused-ring (bicyclic) bond motifs is 1. The van der Waals surface area contributed by atoms with Gasteiger partial charge in [-0.1, -0.05) is 18.2 Å². The number of carbonyl (C=O) groups excluding carboxylic acids is 1. The number of piperidine rings is 1. The summed E-state index contributed by atoms with van der Waals surface area (Å²) in [5, 5.41) is 8.91. The van der Waals surface area contributed by atoms with Gasteiger partial charge in [-0.3, -0.25) is 4.79 Å². The van der Waals surface area contributed by atoms with Crippen LogP contribution in [0.3, 0.4) is 0 Å². The molecule has 0 aliphatic carbocycles. The van der Waals surface area contributed by atoms with Gasteiger partial charge in [0.05, 0.1) is 30.3 Å². The predicted octanol–water partition coefficient (Wildman–Crippen LogP) is 2.25. The number of aromatic nitrogens is 4. The molecule has 1 aliphatic rings. The highest BCUT2D eigenvalue weighted by atomic mass is 16.5. The molecule has 0 unspecified atom stereocenters. The third-order valence-corrected chi connectivity index (χ3v) is 5.08. The van der Waals surface area contributed by atoms with Gasteiger partial charge in [0, 0.05) is 26.2 Å². The molecule has 3 aromatic rings. The smallest absolute Gasteiger partial charge is 0.224 e. The minimum Gasteiger partial charge on any atom is -0.384 e. The Hall–Kier alpha value is -3.00. The first-order valence-corrected chi connectivity index (χ1v) is 9.53. The summed E-state index contributed by atoms with van der Waals surface area (Å²) in [6, 6.07) is 10.2. The van der Waals surface area contributed by atoms with Crippen molar-refractivity contribution in [2.75, 3.05) is 32.1 Å². The molecular weight excluding hydrogens is 356 g/mol. The normalized spacial score (nSPS) is 15.1. The Labute approximate surface area is 163 Å². The first kappa shape index (κ1) is 18.4. The molecule has 8 heteroatoms. The number of benzene rings is 1. The highest BCUT2D eigenvalue weighted by molar-refractivity contribution is 5.87. The first-order chi connectivity index (χ1) is 13.8. The molecular formula is C20H24N6O2. The van der Waals surface area contributed by atoms with Crippen LogP contribution in [0.25, 0.3) is 16.7 Å². The number of carbonyl (C=O) groups is 1. The predicted molar refractivity (Wildman–Crippen MR) is 106 cm³/mol. The molecule has 0 atom stereocenters. The number of methoxy groups -OCH3 is 1. The summed E-state index contributed by atoms with van der Waals surface area (Å²) in [6.07, 6.45) is 5.58. The molecule has 1 saturated heterocycles. The van der Waals surface area contributed by atoms with Crippen LogP contribution in [0.4, 0.5) is 5.82 Å². The van der Waals surface area contributed by atoms with Gasteiger partial charge in [0.2, 0.25) is 5.91 Å². The highest BCUT2D eigenvalue weighted by Gasteiger charge is 2.23. The van der Waals surface area contributed by atoms with E-state index in [1.165, 1.54) is 0 Å². The van der Waals surface area contributed by atoms with Crippen molar-refractivity contribution in [2.45, 2.75) is 25.3 Å². The minimum absolute atomic E-state index is 0.161. The summed E-state index contributed by atoms with van der Waals surface area (Å²) in [5.41, 5.74) is 1.74. The van der Waals surface area contributed by atoms with Gasteiger partial charge in [0.25, 0.3) is 0 Å². The lowest BCUT2D eigenvalue weighted by Gasteiger charge is -2.32. The number of hydrogen-bond acceptors (Lipinski definition) is 6. The number of anilines is 1. The minimum atomic E-state index is 0.161. The molecule has 1 amide bonds. The van der Waals surface area contributed by atoms with E-state index in [1.54, 1.807) is 19.6 Å². The van der Waals surface area contributed by atoms with Gasteiger partial charge < -0.3 is 15.0 Å². The molecule has 3 heterocycles. The van der Waals surface area contributed by atoms with Crippen molar-refractivity contribution in [3.05, 3.63) is 42.9 Å². The number of rotatable bonds is 6. The molecule has 1 N–H and O–H groups in total. The molecule has 1 fully saturated rings. The Bertz CT molecular complexity index is 934. The second-order valence-electron chi connectivity index (χ2n) is 6.89. The molecule has 2 aromatic heterocycles. The van der Waals surface area contributed by atoms with E-state index < -0.39 is 0 Å². The molecule has 0 saturated carbocycles. The molecule has 1 aliphatic heterocycles. The van der Waals surface area contributed by atoms with Crippen molar-refractivity contribution < 1.29 is 9.53 Å². The van der Waals surface area contributed by atoms with Crippen molar-refractivity contribution in [1.82, 2.24) is 24.6 Å². The molecule has 8 nitrogen and oxygen atoms in total. The van der Waals surface area contributed by atoms with Gasteiger partial charge in [-0.15, -0.1) is 0 Å². The summed E-state index contributed by atoms with van der Waals surface area (Å²) in [6.45, 7) is 1.97.